The van der Waals surface area contributed by atoms with Crippen molar-refractivity contribution >= 4 is 15.7 Å². The molecule has 2 N–H and O–H groups in total. The number of rotatable bonds is 6. The predicted octanol–water partition coefficient (Wildman–Crippen LogP) is 2.32. The SMILES string of the molecule is CCc1cc(N)c(CC)c(S(=O)(=O)N(C)C(C)CC#N)c1. The van der Waals surface area contributed by atoms with Crippen LogP contribution in [0.25, 0.3) is 0 Å². The lowest BCUT2D eigenvalue weighted by atomic mass is 10.1. The molecule has 0 saturated heterocycles. The molecule has 0 aliphatic rings. The van der Waals surface area contributed by atoms with Gasteiger partial charge in [-0.1, -0.05) is 13.8 Å². The molecule has 1 aromatic rings. The number of benzene rings is 1. The number of nitriles is 1. The van der Waals surface area contributed by atoms with Crippen LogP contribution < -0.4 is 5.73 Å². The van der Waals surface area contributed by atoms with Gasteiger partial charge in [-0.15, -0.1) is 0 Å². The quantitative estimate of drug-likeness (QED) is 0.817. The topological polar surface area (TPSA) is 87.2 Å². The highest BCUT2D eigenvalue weighted by Gasteiger charge is 2.28. The van der Waals surface area contributed by atoms with E-state index < -0.39 is 10.0 Å². The largest absolute Gasteiger partial charge is 0.398 e. The van der Waals surface area contributed by atoms with E-state index in [2.05, 4.69) is 0 Å². The van der Waals surface area contributed by atoms with Crippen LogP contribution in [0.15, 0.2) is 17.0 Å². The zero-order valence-corrected chi connectivity index (χ0v) is 13.9. The minimum atomic E-state index is -3.66. The number of nitrogens with zero attached hydrogens (tertiary/aromatic N) is 2. The van der Waals surface area contributed by atoms with E-state index in [0.717, 1.165) is 5.56 Å². The van der Waals surface area contributed by atoms with Crippen molar-refractivity contribution in [2.24, 2.45) is 0 Å². The van der Waals surface area contributed by atoms with E-state index >= 15 is 0 Å². The van der Waals surface area contributed by atoms with E-state index in [-0.39, 0.29) is 17.4 Å². The summed E-state index contributed by atoms with van der Waals surface area (Å²) in [6.45, 7) is 5.56. The van der Waals surface area contributed by atoms with Crippen LogP contribution in [0.3, 0.4) is 0 Å². The molecular weight excluding hydrogens is 286 g/mol. The zero-order chi connectivity index (χ0) is 16.2. The highest BCUT2D eigenvalue weighted by atomic mass is 32.2. The maximum atomic E-state index is 12.8. The van der Waals surface area contributed by atoms with Crippen LogP contribution in [0.1, 0.15) is 38.3 Å². The standard InChI is InChI=1S/C15H23N3O2S/c1-5-12-9-14(17)13(6-2)15(10-12)21(19,20)18(4)11(3)7-8-16/h9-11H,5-7,17H2,1-4H3. The third-order valence-corrected chi connectivity index (χ3v) is 5.77. The summed E-state index contributed by atoms with van der Waals surface area (Å²) in [4.78, 5) is 0.258. The zero-order valence-electron chi connectivity index (χ0n) is 13.0. The van der Waals surface area contributed by atoms with E-state index in [9.17, 15) is 8.42 Å². The highest BCUT2D eigenvalue weighted by Crippen LogP contribution is 2.28. The van der Waals surface area contributed by atoms with Crippen LogP contribution in [0, 0.1) is 11.3 Å². The van der Waals surface area contributed by atoms with Gasteiger partial charge in [0.05, 0.1) is 17.4 Å². The van der Waals surface area contributed by atoms with Gasteiger partial charge in [-0.05, 0) is 43.0 Å². The summed E-state index contributed by atoms with van der Waals surface area (Å²) < 4.78 is 26.9. The van der Waals surface area contributed by atoms with Crippen molar-refractivity contribution in [3.05, 3.63) is 23.3 Å². The Labute approximate surface area is 127 Å². The molecule has 1 atom stereocenters. The summed E-state index contributed by atoms with van der Waals surface area (Å²) in [5, 5.41) is 8.76. The Hall–Kier alpha value is -1.58. The fourth-order valence-electron chi connectivity index (χ4n) is 2.19. The second-order valence-electron chi connectivity index (χ2n) is 5.10. The van der Waals surface area contributed by atoms with Gasteiger partial charge in [-0.3, -0.25) is 0 Å². The maximum Gasteiger partial charge on any atom is 0.243 e. The third-order valence-electron chi connectivity index (χ3n) is 3.73. The number of hydrogen-bond donors (Lipinski definition) is 1. The van der Waals surface area contributed by atoms with Gasteiger partial charge in [-0.2, -0.15) is 9.57 Å². The van der Waals surface area contributed by atoms with E-state index in [1.807, 2.05) is 26.0 Å². The molecule has 0 heterocycles. The second kappa shape index (κ2) is 6.92. The minimum Gasteiger partial charge on any atom is -0.398 e. The molecule has 0 aliphatic heterocycles. The van der Waals surface area contributed by atoms with E-state index in [1.54, 1.807) is 13.0 Å². The molecule has 21 heavy (non-hydrogen) atoms. The minimum absolute atomic E-state index is 0.153. The molecular formula is C15H23N3O2S. The third kappa shape index (κ3) is 3.55. The Morgan fingerprint density at radius 1 is 1.33 bits per heavy atom. The fraction of sp³-hybridized carbons (Fsp3) is 0.533. The average Bonchev–Trinajstić information content (AvgIpc) is 2.45. The lowest BCUT2D eigenvalue weighted by Crippen LogP contribution is -2.35. The highest BCUT2D eigenvalue weighted by molar-refractivity contribution is 7.89. The van der Waals surface area contributed by atoms with Crippen molar-refractivity contribution < 1.29 is 8.42 Å². The number of nitrogens with two attached hydrogens (primary N) is 1. The number of hydrogen-bond acceptors (Lipinski definition) is 4. The molecule has 1 aromatic carbocycles. The van der Waals surface area contributed by atoms with Crippen LogP contribution in [-0.2, 0) is 22.9 Å². The van der Waals surface area contributed by atoms with Crippen LogP contribution in [0.4, 0.5) is 5.69 Å². The van der Waals surface area contributed by atoms with Gasteiger partial charge in [0.25, 0.3) is 0 Å². The summed E-state index contributed by atoms with van der Waals surface area (Å²) in [6.07, 6.45) is 1.42. The lowest BCUT2D eigenvalue weighted by molar-refractivity contribution is 0.392. The lowest BCUT2D eigenvalue weighted by Gasteiger charge is -2.24. The maximum absolute atomic E-state index is 12.8. The van der Waals surface area contributed by atoms with Gasteiger partial charge in [-0.25, -0.2) is 8.42 Å². The molecule has 0 saturated carbocycles. The predicted molar refractivity (Wildman–Crippen MR) is 84.3 cm³/mol. The summed E-state index contributed by atoms with van der Waals surface area (Å²) in [5.74, 6) is 0. The second-order valence-corrected chi connectivity index (χ2v) is 7.07. The van der Waals surface area contributed by atoms with Gasteiger partial charge in [0.15, 0.2) is 0 Å². The van der Waals surface area contributed by atoms with E-state index in [0.29, 0.717) is 24.1 Å². The summed E-state index contributed by atoms with van der Waals surface area (Å²) in [6, 6.07) is 5.15. The molecule has 5 nitrogen and oxygen atoms in total. The van der Waals surface area contributed by atoms with Gasteiger partial charge in [0.2, 0.25) is 10.0 Å². The molecule has 1 rings (SSSR count). The molecule has 1 unspecified atom stereocenters. The Bertz CT molecular complexity index is 648. The van der Waals surface area contributed by atoms with Crippen molar-refractivity contribution in [2.45, 2.75) is 51.0 Å². The van der Waals surface area contributed by atoms with Gasteiger partial charge in [0, 0.05) is 18.8 Å². The van der Waals surface area contributed by atoms with Crippen LogP contribution in [0.2, 0.25) is 0 Å². The molecule has 6 heteroatoms. The monoisotopic (exact) mass is 309 g/mol. The van der Waals surface area contributed by atoms with Crippen molar-refractivity contribution in [1.82, 2.24) is 4.31 Å². The van der Waals surface area contributed by atoms with Gasteiger partial charge >= 0.3 is 0 Å². The number of sulfonamides is 1. The van der Waals surface area contributed by atoms with Crippen molar-refractivity contribution in [2.75, 3.05) is 12.8 Å². The summed E-state index contributed by atoms with van der Waals surface area (Å²) in [5.41, 5.74) is 8.05. The molecule has 0 radical (unpaired) electrons. The van der Waals surface area contributed by atoms with Crippen LogP contribution in [0.5, 0.6) is 0 Å². The van der Waals surface area contributed by atoms with Crippen molar-refractivity contribution in [1.29, 1.82) is 5.26 Å². The molecule has 0 spiro atoms. The van der Waals surface area contributed by atoms with E-state index in [1.165, 1.54) is 11.4 Å². The fourth-order valence-corrected chi connectivity index (χ4v) is 3.92. The molecule has 116 valence electrons. The Morgan fingerprint density at radius 2 is 1.95 bits per heavy atom. The smallest absolute Gasteiger partial charge is 0.243 e. The Kier molecular flexibility index (Phi) is 5.76. The summed E-state index contributed by atoms with van der Waals surface area (Å²) in [7, 11) is -2.15. The first-order valence-electron chi connectivity index (χ1n) is 7.05. The van der Waals surface area contributed by atoms with Crippen LogP contribution >= 0.6 is 0 Å². The van der Waals surface area contributed by atoms with Crippen LogP contribution in [-0.4, -0.2) is 25.8 Å². The van der Waals surface area contributed by atoms with Crippen molar-refractivity contribution in [3.63, 3.8) is 0 Å². The van der Waals surface area contributed by atoms with E-state index in [4.69, 9.17) is 11.0 Å². The molecule has 0 aliphatic carbocycles. The average molecular weight is 309 g/mol. The van der Waals surface area contributed by atoms with Gasteiger partial charge in [0.1, 0.15) is 0 Å². The first kappa shape index (κ1) is 17.5. The van der Waals surface area contributed by atoms with Crippen molar-refractivity contribution in [3.8, 4) is 6.07 Å². The molecule has 0 bridgehead atoms. The Balaban J connectivity index is 3.43. The Morgan fingerprint density at radius 3 is 2.43 bits per heavy atom. The first-order chi connectivity index (χ1) is 9.79. The van der Waals surface area contributed by atoms with Gasteiger partial charge < -0.3 is 5.73 Å². The number of nitrogen functional groups attached to an aromatic ring is 1. The molecule has 0 amide bonds. The summed E-state index contributed by atoms with van der Waals surface area (Å²) >= 11 is 0. The first-order valence-corrected chi connectivity index (χ1v) is 8.49. The molecule has 0 aromatic heterocycles. The molecule has 0 fully saturated rings. The number of aryl methyl sites for hydroxylation is 1. The normalized spacial score (nSPS) is 13.1. The number of anilines is 1.